The van der Waals surface area contributed by atoms with Crippen LogP contribution in [0.15, 0.2) is 41.4 Å². The summed E-state index contributed by atoms with van der Waals surface area (Å²) in [6.45, 7) is 17.5. The lowest BCUT2D eigenvalue weighted by Crippen LogP contribution is -2.65. The number of carbonyl (C=O) groups excluding carboxylic acids is 1. The third-order valence-corrected chi connectivity index (χ3v) is 19.4. The molecule has 1 amide bonds. The third-order valence-electron chi connectivity index (χ3n) is 8.60. The zero-order chi connectivity index (χ0) is 31.3. The molecule has 43 heavy (non-hydrogen) atoms. The fourth-order valence-electron chi connectivity index (χ4n) is 6.32. The summed E-state index contributed by atoms with van der Waals surface area (Å²) in [6.07, 6.45) is -1.83. The fourth-order valence-corrected chi connectivity index (χ4v) is 18.1. The van der Waals surface area contributed by atoms with Gasteiger partial charge in [0.1, 0.15) is 24.6 Å². The van der Waals surface area contributed by atoms with E-state index in [0.29, 0.717) is 21.5 Å². The molecule has 14 heteroatoms. The Bertz CT molecular complexity index is 1440. The van der Waals surface area contributed by atoms with Gasteiger partial charge in [-0.1, -0.05) is 73.6 Å². The summed E-state index contributed by atoms with van der Waals surface area (Å²) in [4.78, 5) is 26.3. The highest BCUT2D eigenvalue weighted by molar-refractivity contribution is 9.10. The van der Waals surface area contributed by atoms with Crippen molar-refractivity contribution in [3.63, 3.8) is 0 Å². The third kappa shape index (κ3) is 5.65. The molecule has 0 bridgehead atoms. The molecule has 2 aromatic heterocycles. The van der Waals surface area contributed by atoms with Gasteiger partial charge < -0.3 is 28.1 Å². The van der Waals surface area contributed by atoms with Gasteiger partial charge >= 0.3 is 17.1 Å². The zero-order valence-corrected chi connectivity index (χ0v) is 29.5. The number of anilines is 1. The molecular formula is C29H42BrN5O6Si2. The molecule has 2 aliphatic rings. The Labute approximate surface area is 263 Å². The minimum atomic E-state index is -2.96. The zero-order valence-electron chi connectivity index (χ0n) is 25.9. The molecule has 4 heterocycles. The molecule has 5 rings (SSSR count). The Morgan fingerprint density at radius 1 is 1.00 bits per heavy atom. The van der Waals surface area contributed by atoms with Gasteiger partial charge in [0.25, 0.3) is 5.91 Å². The number of nitrogens with one attached hydrogen (secondary N) is 1. The molecule has 1 aromatic carbocycles. The van der Waals surface area contributed by atoms with Crippen molar-refractivity contribution in [1.29, 1.82) is 0 Å². The quantitative estimate of drug-likeness (QED) is 0.224. The lowest BCUT2D eigenvalue weighted by Gasteiger charge is -2.51. The van der Waals surface area contributed by atoms with Gasteiger partial charge in [-0.05, 0) is 50.2 Å². The van der Waals surface area contributed by atoms with Crippen molar-refractivity contribution >= 4 is 55.9 Å². The van der Waals surface area contributed by atoms with Crippen molar-refractivity contribution < 1.29 is 27.6 Å². The summed E-state index contributed by atoms with van der Waals surface area (Å²) >= 11 is 3.55. The van der Waals surface area contributed by atoms with Crippen molar-refractivity contribution in [2.75, 3.05) is 11.9 Å². The number of ether oxygens (including phenoxy) is 1. The summed E-state index contributed by atoms with van der Waals surface area (Å²) in [5.41, 5.74) is 1.83. The van der Waals surface area contributed by atoms with Gasteiger partial charge in [-0.2, -0.15) is 0 Å². The molecule has 0 spiro atoms. The van der Waals surface area contributed by atoms with Crippen molar-refractivity contribution in [3.05, 3.63) is 47.0 Å². The largest absolute Gasteiger partial charge is 0.414 e. The summed E-state index contributed by atoms with van der Waals surface area (Å²) in [7, 11) is -5.73. The first-order valence-electron chi connectivity index (χ1n) is 14.9. The predicted octanol–water partition coefficient (Wildman–Crippen LogP) is 6.06. The van der Waals surface area contributed by atoms with E-state index < -0.39 is 41.7 Å². The summed E-state index contributed by atoms with van der Waals surface area (Å²) in [5.74, 6) is -0.0698. The Balaban J connectivity index is 1.53. The van der Waals surface area contributed by atoms with E-state index >= 15 is 0 Å². The maximum absolute atomic E-state index is 12.9. The van der Waals surface area contributed by atoms with E-state index in [1.807, 2.05) is 6.07 Å². The number of nitrogens with zero attached hydrogens (tertiary/aromatic N) is 4. The maximum Gasteiger partial charge on any atom is 0.335 e. The highest BCUT2D eigenvalue weighted by Crippen LogP contribution is 2.49. The molecule has 0 aliphatic carbocycles. The number of benzene rings is 1. The van der Waals surface area contributed by atoms with Gasteiger partial charge in [0.2, 0.25) is 0 Å². The minimum absolute atomic E-state index is 0.106. The van der Waals surface area contributed by atoms with Crippen molar-refractivity contribution in [2.45, 2.75) is 102 Å². The summed E-state index contributed by atoms with van der Waals surface area (Å²) in [5, 5.41) is 14.7. The first-order chi connectivity index (χ1) is 20.3. The van der Waals surface area contributed by atoms with Crippen LogP contribution in [0.2, 0.25) is 22.2 Å². The van der Waals surface area contributed by atoms with Gasteiger partial charge in [0, 0.05) is 5.56 Å². The van der Waals surface area contributed by atoms with Crippen LogP contribution in [-0.4, -0.2) is 72.6 Å². The first kappa shape index (κ1) is 32.4. The number of halogens is 1. The average molecular weight is 693 g/mol. The number of amides is 1. The van der Waals surface area contributed by atoms with Crippen LogP contribution in [0.4, 0.5) is 5.82 Å². The number of fused-ring (bicyclic) bond motifs is 2. The number of aromatic nitrogens is 4. The second-order valence-corrected chi connectivity index (χ2v) is 22.1. The second-order valence-electron chi connectivity index (χ2n) is 12.6. The molecule has 0 saturated carbocycles. The van der Waals surface area contributed by atoms with Crippen molar-refractivity contribution in [1.82, 2.24) is 19.5 Å². The van der Waals surface area contributed by atoms with E-state index in [9.17, 15) is 9.90 Å². The Morgan fingerprint density at radius 2 is 1.63 bits per heavy atom. The maximum atomic E-state index is 12.9. The Morgan fingerprint density at radius 3 is 2.23 bits per heavy atom. The number of carbonyl (C=O) groups is 1. The van der Waals surface area contributed by atoms with Crippen LogP contribution >= 0.6 is 15.9 Å². The van der Waals surface area contributed by atoms with Crippen LogP contribution in [0, 0.1) is 0 Å². The van der Waals surface area contributed by atoms with Crippen molar-refractivity contribution in [2.24, 2.45) is 0 Å². The van der Waals surface area contributed by atoms with Crippen LogP contribution in [0.3, 0.4) is 0 Å². The van der Waals surface area contributed by atoms with Gasteiger partial charge in [0.05, 0.1) is 6.61 Å². The first-order valence-corrected chi connectivity index (χ1v) is 19.7. The number of aliphatic hydroxyl groups excluding tert-OH is 1. The van der Waals surface area contributed by atoms with Crippen LogP contribution in [-0.2, 0) is 17.7 Å². The van der Waals surface area contributed by atoms with Crippen LogP contribution in [0.5, 0.6) is 0 Å². The van der Waals surface area contributed by atoms with Gasteiger partial charge in [-0.3, -0.25) is 9.36 Å². The highest BCUT2D eigenvalue weighted by atomic mass is 79.9. The molecular weight excluding hydrogens is 650 g/mol. The van der Waals surface area contributed by atoms with Crippen LogP contribution < -0.4 is 5.32 Å². The predicted molar refractivity (Wildman–Crippen MR) is 171 cm³/mol. The average Bonchev–Trinajstić information content (AvgIpc) is 3.43. The molecule has 0 radical (unpaired) electrons. The molecule has 4 atom stereocenters. The molecule has 2 N–H and O–H groups in total. The van der Waals surface area contributed by atoms with Crippen molar-refractivity contribution in [3.8, 4) is 0 Å². The molecule has 1 unspecified atom stereocenters. The standard InChI is InChI=1S/C29H42BrN5O6Si2/c1-16(2)42(17(3)4)38-14-21-24(40-43(41-42,18(5)6)19(7)8)23(36)28(39-21)35-26-22(33-29(35)30)25(31-15-32-26)34-27(37)20-12-10-9-11-13-20/h9-13,15-19,21,23-24,28,36H,14H2,1-8H3,(H,31,32,34,37)/t21-,23?,24+,28-/m1/s1. The topological polar surface area (TPSA) is 130 Å². The van der Waals surface area contributed by atoms with Crippen LogP contribution in [0.25, 0.3) is 11.2 Å². The SMILES string of the molecule is CC(C)[Si]1(C(C)C)OC[C@H]2O[C@@H](n3c(Br)nc4c(NC(=O)c5ccccc5)ncnc43)C(O)[C@H]2O[Si](C(C)C)(C(C)C)O1. The van der Waals surface area contributed by atoms with Crippen LogP contribution in [0.1, 0.15) is 72.0 Å². The monoisotopic (exact) mass is 691 g/mol. The smallest absolute Gasteiger partial charge is 0.335 e. The van der Waals surface area contributed by atoms with Gasteiger partial charge in [-0.15, -0.1) is 0 Å². The second kappa shape index (κ2) is 12.4. The molecule has 11 nitrogen and oxygen atoms in total. The van der Waals surface area contributed by atoms with Gasteiger partial charge in [0.15, 0.2) is 27.9 Å². The normalized spacial score (nSPS) is 25.3. The van der Waals surface area contributed by atoms with E-state index in [-0.39, 0.29) is 40.5 Å². The number of aliphatic hydroxyl groups is 1. The van der Waals surface area contributed by atoms with E-state index in [1.165, 1.54) is 6.33 Å². The van der Waals surface area contributed by atoms with Gasteiger partial charge in [-0.25, -0.2) is 15.0 Å². The number of hydrogen-bond donors (Lipinski definition) is 2. The van der Waals surface area contributed by atoms with E-state index in [2.05, 4.69) is 91.6 Å². The van der Waals surface area contributed by atoms with E-state index in [4.69, 9.17) is 17.7 Å². The molecule has 2 fully saturated rings. The lowest BCUT2D eigenvalue weighted by atomic mass is 10.1. The number of rotatable bonds is 7. The Hall–Kier alpha value is -2.05. The molecule has 2 saturated heterocycles. The highest BCUT2D eigenvalue weighted by Gasteiger charge is 2.61. The fraction of sp³-hybridized carbons (Fsp3) is 0.586. The Kier molecular flexibility index (Phi) is 9.32. The minimum Gasteiger partial charge on any atom is -0.414 e. The number of hydrogen-bond acceptors (Lipinski definition) is 9. The van der Waals surface area contributed by atoms with E-state index in [1.54, 1.807) is 28.8 Å². The molecule has 234 valence electrons. The lowest BCUT2D eigenvalue weighted by molar-refractivity contribution is -0.0578. The summed E-state index contributed by atoms with van der Waals surface area (Å²) < 4.78 is 29.8. The molecule has 3 aromatic rings. The molecule has 2 aliphatic heterocycles. The summed E-state index contributed by atoms with van der Waals surface area (Å²) in [6, 6.07) is 8.87. The van der Waals surface area contributed by atoms with E-state index in [0.717, 1.165) is 0 Å². The number of imidazole rings is 1.